The van der Waals surface area contributed by atoms with Gasteiger partial charge < -0.3 is 19.8 Å². The molecule has 1 amide bonds. The molecule has 28 heavy (non-hydrogen) atoms. The van der Waals surface area contributed by atoms with Gasteiger partial charge in [0.05, 0.1) is 12.7 Å². The van der Waals surface area contributed by atoms with Crippen LogP contribution in [0.1, 0.15) is 57.4 Å². The van der Waals surface area contributed by atoms with E-state index < -0.39 is 18.0 Å². The van der Waals surface area contributed by atoms with Crippen LogP contribution >= 0.6 is 0 Å². The van der Waals surface area contributed by atoms with Crippen molar-refractivity contribution in [2.75, 3.05) is 13.7 Å². The van der Waals surface area contributed by atoms with Gasteiger partial charge in [0.15, 0.2) is 6.10 Å². The maximum Gasteiger partial charge on any atom is 0.355 e. The zero-order valence-electron chi connectivity index (χ0n) is 16.8. The van der Waals surface area contributed by atoms with E-state index in [1.165, 1.54) is 14.0 Å². The molecule has 2 rings (SSSR count). The summed E-state index contributed by atoms with van der Waals surface area (Å²) in [6.45, 7) is 7.23. The topological polar surface area (TPSA) is 97.5 Å². The van der Waals surface area contributed by atoms with Crippen LogP contribution in [0.25, 0.3) is 0 Å². The van der Waals surface area contributed by atoms with E-state index in [4.69, 9.17) is 9.47 Å². The number of carbonyl (C=O) groups excluding carboxylic acids is 3. The van der Waals surface area contributed by atoms with Crippen LogP contribution < -0.4 is 5.32 Å². The highest BCUT2D eigenvalue weighted by Crippen LogP contribution is 2.20. The SMILES string of the molecule is COC(=O)c1c(C)[nH]c(C(=O)OC(C)C(=O)NCC(C)c2ccccc2)c1C. The van der Waals surface area contributed by atoms with E-state index in [0.29, 0.717) is 23.4 Å². The lowest BCUT2D eigenvalue weighted by atomic mass is 10.0. The number of esters is 2. The fourth-order valence-corrected chi connectivity index (χ4v) is 2.93. The van der Waals surface area contributed by atoms with E-state index in [1.807, 2.05) is 37.3 Å². The van der Waals surface area contributed by atoms with E-state index >= 15 is 0 Å². The summed E-state index contributed by atoms with van der Waals surface area (Å²) in [6, 6.07) is 9.82. The van der Waals surface area contributed by atoms with Crippen molar-refractivity contribution in [1.82, 2.24) is 10.3 Å². The number of carbonyl (C=O) groups is 3. The molecule has 0 saturated heterocycles. The number of hydrogen-bond acceptors (Lipinski definition) is 5. The summed E-state index contributed by atoms with van der Waals surface area (Å²) in [5, 5.41) is 2.80. The predicted octanol–water partition coefficient (Wildman–Crippen LogP) is 2.88. The molecule has 0 saturated carbocycles. The average molecular weight is 386 g/mol. The van der Waals surface area contributed by atoms with Gasteiger partial charge in [0.1, 0.15) is 5.69 Å². The van der Waals surface area contributed by atoms with Crippen molar-refractivity contribution in [2.45, 2.75) is 39.7 Å². The summed E-state index contributed by atoms with van der Waals surface area (Å²) in [6.07, 6.45) is -0.972. The summed E-state index contributed by atoms with van der Waals surface area (Å²) in [5.41, 5.74) is 2.48. The van der Waals surface area contributed by atoms with E-state index in [1.54, 1.807) is 13.8 Å². The van der Waals surface area contributed by atoms with Crippen LogP contribution in [-0.2, 0) is 14.3 Å². The number of aromatic nitrogens is 1. The second-order valence-corrected chi connectivity index (χ2v) is 6.72. The van der Waals surface area contributed by atoms with Gasteiger partial charge in [-0.1, -0.05) is 37.3 Å². The molecule has 7 heteroatoms. The molecule has 2 atom stereocenters. The summed E-state index contributed by atoms with van der Waals surface area (Å²) in [4.78, 5) is 39.4. The summed E-state index contributed by atoms with van der Waals surface area (Å²) in [5.74, 6) is -1.49. The Morgan fingerprint density at radius 1 is 1.07 bits per heavy atom. The molecule has 2 aromatic rings. The molecule has 0 aliphatic rings. The lowest BCUT2D eigenvalue weighted by Crippen LogP contribution is -2.37. The van der Waals surface area contributed by atoms with Crippen LogP contribution in [0, 0.1) is 13.8 Å². The highest BCUT2D eigenvalue weighted by molar-refractivity contribution is 5.99. The monoisotopic (exact) mass is 386 g/mol. The number of H-pyrrole nitrogens is 1. The van der Waals surface area contributed by atoms with E-state index in [0.717, 1.165) is 5.56 Å². The number of rotatable bonds is 7. The lowest BCUT2D eigenvalue weighted by Gasteiger charge is -2.16. The Morgan fingerprint density at radius 2 is 1.71 bits per heavy atom. The van der Waals surface area contributed by atoms with Crippen LogP contribution in [0.15, 0.2) is 30.3 Å². The van der Waals surface area contributed by atoms with Gasteiger partial charge in [0.25, 0.3) is 5.91 Å². The van der Waals surface area contributed by atoms with Gasteiger partial charge in [-0.2, -0.15) is 0 Å². The van der Waals surface area contributed by atoms with Crippen molar-refractivity contribution >= 4 is 17.8 Å². The Kier molecular flexibility index (Phi) is 6.98. The molecule has 0 bridgehead atoms. The average Bonchev–Trinajstić information content (AvgIpc) is 3.00. The Morgan fingerprint density at radius 3 is 2.32 bits per heavy atom. The van der Waals surface area contributed by atoms with E-state index in [9.17, 15) is 14.4 Å². The Balaban J connectivity index is 1.96. The fourth-order valence-electron chi connectivity index (χ4n) is 2.93. The van der Waals surface area contributed by atoms with Crippen molar-refractivity contribution < 1.29 is 23.9 Å². The van der Waals surface area contributed by atoms with Gasteiger partial charge in [-0.3, -0.25) is 4.79 Å². The van der Waals surface area contributed by atoms with Crippen molar-refractivity contribution in [2.24, 2.45) is 0 Å². The molecule has 0 fully saturated rings. The standard InChI is InChI=1S/C21H26N2O5/c1-12(16-9-7-6-8-10-16)11-22-19(24)15(4)28-21(26)18-13(2)17(14(3)23-18)20(25)27-5/h6-10,12,15,23H,11H2,1-5H3,(H,22,24). The molecular weight excluding hydrogens is 360 g/mol. The Hall–Kier alpha value is -3.09. The Bertz CT molecular complexity index is 857. The van der Waals surface area contributed by atoms with E-state index in [-0.39, 0.29) is 17.5 Å². The van der Waals surface area contributed by atoms with Crippen molar-refractivity contribution in [1.29, 1.82) is 0 Å². The third kappa shape index (κ3) is 4.79. The van der Waals surface area contributed by atoms with Crippen LogP contribution in [0.5, 0.6) is 0 Å². The fraction of sp³-hybridized carbons (Fsp3) is 0.381. The first-order chi connectivity index (χ1) is 13.3. The van der Waals surface area contributed by atoms with Crippen LogP contribution in [0.4, 0.5) is 0 Å². The number of methoxy groups -OCH3 is 1. The summed E-state index contributed by atoms with van der Waals surface area (Å²) >= 11 is 0. The molecule has 0 spiro atoms. The molecule has 150 valence electrons. The third-order valence-electron chi connectivity index (χ3n) is 4.64. The van der Waals surface area contributed by atoms with Gasteiger partial charge in [-0.05, 0) is 37.8 Å². The Labute approximate surface area is 164 Å². The highest BCUT2D eigenvalue weighted by Gasteiger charge is 2.26. The number of aryl methyl sites for hydroxylation is 1. The van der Waals surface area contributed by atoms with E-state index in [2.05, 4.69) is 10.3 Å². The van der Waals surface area contributed by atoms with Gasteiger partial charge >= 0.3 is 11.9 Å². The lowest BCUT2D eigenvalue weighted by molar-refractivity contribution is -0.129. The van der Waals surface area contributed by atoms with Crippen molar-refractivity contribution in [3.63, 3.8) is 0 Å². The first-order valence-electron chi connectivity index (χ1n) is 9.07. The molecule has 2 N–H and O–H groups in total. The maximum absolute atomic E-state index is 12.4. The minimum atomic E-state index is -0.972. The van der Waals surface area contributed by atoms with Gasteiger partial charge in [0.2, 0.25) is 0 Å². The normalized spacial score (nSPS) is 12.8. The number of hydrogen-bond donors (Lipinski definition) is 2. The highest BCUT2D eigenvalue weighted by atomic mass is 16.5. The first-order valence-corrected chi connectivity index (χ1v) is 9.07. The molecule has 1 aromatic heterocycles. The largest absolute Gasteiger partial charge is 0.465 e. The number of benzene rings is 1. The zero-order valence-corrected chi connectivity index (χ0v) is 16.8. The van der Waals surface area contributed by atoms with Gasteiger partial charge in [0, 0.05) is 12.2 Å². The molecule has 0 aliphatic carbocycles. The number of amides is 1. The second kappa shape index (κ2) is 9.21. The van der Waals surface area contributed by atoms with Crippen molar-refractivity contribution in [3.05, 3.63) is 58.4 Å². The smallest absolute Gasteiger partial charge is 0.355 e. The van der Waals surface area contributed by atoms with Gasteiger partial charge in [-0.15, -0.1) is 0 Å². The van der Waals surface area contributed by atoms with Crippen LogP contribution in [0.2, 0.25) is 0 Å². The van der Waals surface area contributed by atoms with Crippen molar-refractivity contribution in [3.8, 4) is 0 Å². The quantitative estimate of drug-likeness (QED) is 0.713. The summed E-state index contributed by atoms with van der Waals surface area (Å²) in [7, 11) is 1.27. The molecule has 1 heterocycles. The molecule has 0 radical (unpaired) electrons. The molecular formula is C21H26N2O5. The zero-order chi connectivity index (χ0) is 20.8. The number of ether oxygens (including phenoxy) is 2. The minimum Gasteiger partial charge on any atom is -0.465 e. The second-order valence-electron chi connectivity index (χ2n) is 6.72. The molecule has 7 nitrogen and oxygen atoms in total. The minimum absolute atomic E-state index is 0.129. The first kappa shape index (κ1) is 21.2. The third-order valence-corrected chi connectivity index (χ3v) is 4.64. The molecule has 1 aromatic carbocycles. The van der Waals surface area contributed by atoms with Gasteiger partial charge in [-0.25, -0.2) is 9.59 Å². The number of aromatic amines is 1. The van der Waals surface area contributed by atoms with Crippen LogP contribution in [0.3, 0.4) is 0 Å². The number of nitrogens with one attached hydrogen (secondary N) is 2. The predicted molar refractivity (Wildman–Crippen MR) is 104 cm³/mol. The molecule has 0 aliphatic heterocycles. The molecule has 2 unspecified atom stereocenters. The van der Waals surface area contributed by atoms with Crippen LogP contribution in [-0.4, -0.2) is 42.6 Å². The summed E-state index contributed by atoms with van der Waals surface area (Å²) < 4.78 is 9.99. The maximum atomic E-state index is 12.4.